The summed E-state index contributed by atoms with van der Waals surface area (Å²) in [4.78, 5) is 45.5. The van der Waals surface area contributed by atoms with Crippen molar-refractivity contribution in [3.05, 3.63) is 50.6 Å². The minimum atomic E-state index is -0.443. The topological polar surface area (TPSA) is 101 Å². The highest BCUT2D eigenvalue weighted by Gasteiger charge is 2.14. The number of esters is 1. The number of ether oxygens (including phenoxy) is 1. The Labute approximate surface area is 175 Å². The van der Waals surface area contributed by atoms with Gasteiger partial charge in [-0.3, -0.25) is 9.59 Å². The van der Waals surface area contributed by atoms with Gasteiger partial charge in [-0.2, -0.15) is 0 Å². The van der Waals surface area contributed by atoms with Crippen LogP contribution in [-0.4, -0.2) is 33.7 Å². The fourth-order valence-electron chi connectivity index (χ4n) is 2.64. The van der Waals surface area contributed by atoms with Crippen LogP contribution in [-0.2, 0) is 9.53 Å². The maximum absolute atomic E-state index is 12.3. The van der Waals surface area contributed by atoms with Crippen molar-refractivity contribution in [1.82, 2.24) is 9.97 Å². The predicted octanol–water partition coefficient (Wildman–Crippen LogP) is 3.90. The number of amides is 1. The molecule has 9 heteroatoms. The zero-order valence-electron chi connectivity index (χ0n) is 16.5. The Balaban J connectivity index is 1.65. The molecule has 0 aliphatic heterocycles. The minimum absolute atomic E-state index is 0.0679. The maximum Gasteiger partial charge on any atom is 0.338 e. The molecule has 3 aromatic rings. The number of carbonyl (C=O) groups excluding carboxylic acids is 2. The first-order valence-corrected chi connectivity index (χ1v) is 10.8. The van der Waals surface area contributed by atoms with Crippen LogP contribution >= 0.6 is 23.1 Å². The van der Waals surface area contributed by atoms with Crippen LogP contribution in [0.3, 0.4) is 0 Å². The molecule has 0 unspecified atom stereocenters. The van der Waals surface area contributed by atoms with E-state index >= 15 is 0 Å². The van der Waals surface area contributed by atoms with Gasteiger partial charge in [0.05, 0.1) is 22.8 Å². The van der Waals surface area contributed by atoms with E-state index in [0.717, 1.165) is 22.2 Å². The number of aromatic amines is 1. The standard InChI is InChI=1S/C20H21N3O4S2/c1-10(2)27-19(26)13-6-5-7-14(8-13)21-15(24)9-28-20-22-17(25)16-11(3)12(4)29-18(16)23-20/h5-8,10H,9H2,1-4H3,(H,21,24)(H,22,23,25). The van der Waals surface area contributed by atoms with E-state index < -0.39 is 5.97 Å². The molecule has 1 aromatic carbocycles. The van der Waals surface area contributed by atoms with Crippen molar-refractivity contribution in [1.29, 1.82) is 0 Å². The Kier molecular flexibility index (Phi) is 6.39. The van der Waals surface area contributed by atoms with E-state index in [0.29, 0.717) is 26.6 Å². The lowest BCUT2D eigenvalue weighted by Crippen LogP contribution is -2.16. The van der Waals surface area contributed by atoms with Crippen molar-refractivity contribution in [2.75, 3.05) is 11.1 Å². The molecule has 29 heavy (non-hydrogen) atoms. The number of fused-ring (bicyclic) bond motifs is 1. The maximum atomic E-state index is 12.3. The summed E-state index contributed by atoms with van der Waals surface area (Å²) in [5.74, 6) is -0.647. The van der Waals surface area contributed by atoms with Crippen molar-refractivity contribution >= 4 is 50.9 Å². The highest BCUT2D eigenvalue weighted by molar-refractivity contribution is 7.99. The van der Waals surface area contributed by atoms with Crippen molar-refractivity contribution in [3.63, 3.8) is 0 Å². The van der Waals surface area contributed by atoms with Crippen LogP contribution in [0.1, 0.15) is 34.6 Å². The SMILES string of the molecule is Cc1sc2nc(SCC(=O)Nc3cccc(C(=O)OC(C)C)c3)[nH]c(=O)c2c1C. The van der Waals surface area contributed by atoms with E-state index in [-0.39, 0.29) is 23.3 Å². The van der Waals surface area contributed by atoms with Gasteiger partial charge < -0.3 is 15.0 Å². The third-order valence-electron chi connectivity index (χ3n) is 4.08. The number of carbonyl (C=O) groups is 2. The number of aryl methyl sites for hydroxylation is 2. The van der Waals surface area contributed by atoms with Crippen molar-refractivity contribution < 1.29 is 14.3 Å². The highest BCUT2D eigenvalue weighted by atomic mass is 32.2. The normalized spacial score (nSPS) is 11.1. The number of thioether (sulfide) groups is 1. The number of rotatable bonds is 6. The molecule has 0 fully saturated rings. The van der Waals surface area contributed by atoms with Gasteiger partial charge in [0.25, 0.3) is 5.56 Å². The molecule has 0 bridgehead atoms. The largest absolute Gasteiger partial charge is 0.459 e. The van der Waals surface area contributed by atoms with Crippen LogP contribution in [0.15, 0.2) is 34.2 Å². The van der Waals surface area contributed by atoms with E-state index in [1.165, 1.54) is 11.3 Å². The average molecular weight is 432 g/mol. The molecule has 0 saturated heterocycles. The molecular formula is C20H21N3O4S2. The summed E-state index contributed by atoms with van der Waals surface area (Å²) in [6, 6.07) is 6.56. The fourth-order valence-corrected chi connectivity index (χ4v) is 4.39. The second-order valence-electron chi connectivity index (χ2n) is 6.71. The van der Waals surface area contributed by atoms with Gasteiger partial charge in [-0.25, -0.2) is 9.78 Å². The Morgan fingerprint density at radius 2 is 2.07 bits per heavy atom. The molecule has 1 amide bonds. The lowest BCUT2D eigenvalue weighted by atomic mass is 10.2. The lowest BCUT2D eigenvalue weighted by Gasteiger charge is -2.09. The average Bonchev–Trinajstić information content (AvgIpc) is 2.94. The number of aromatic nitrogens is 2. The molecule has 152 valence electrons. The first-order valence-electron chi connectivity index (χ1n) is 8.98. The Morgan fingerprint density at radius 3 is 2.79 bits per heavy atom. The van der Waals surface area contributed by atoms with E-state index in [4.69, 9.17) is 4.74 Å². The summed E-state index contributed by atoms with van der Waals surface area (Å²) < 4.78 is 5.16. The van der Waals surface area contributed by atoms with Crippen molar-refractivity contribution in [2.45, 2.75) is 39.0 Å². The van der Waals surface area contributed by atoms with Gasteiger partial charge in [0.1, 0.15) is 4.83 Å². The summed E-state index contributed by atoms with van der Waals surface area (Å²) in [6.45, 7) is 7.40. The molecule has 0 radical (unpaired) electrons. The zero-order chi connectivity index (χ0) is 21.1. The first-order chi connectivity index (χ1) is 13.7. The van der Waals surface area contributed by atoms with Gasteiger partial charge in [0, 0.05) is 10.6 Å². The molecule has 2 N–H and O–H groups in total. The van der Waals surface area contributed by atoms with Crippen molar-refractivity contribution in [2.24, 2.45) is 0 Å². The van der Waals surface area contributed by atoms with Gasteiger partial charge in [-0.1, -0.05) is 17.8 Å². The summed E-state index contributed by atoms with van der Waals surface area (Å²) in [5.41, 5.74) is 1.60. The number of benzene rings is 1. The van der Waals surface area contributed by atoms with Crippen LogP contribution in [0.4, 0.5) is 5.69 Å². The first kappa shape index (κ1) is 21.1. The molecule has 7 nitrogen and oxygen atoms in total. The Hall–Kier alpha value is -2.65. The minimum Gasteiger partial charge on any atom is -0.459 e. The van der Waals surface area contributed by atoms with E-state index in [1.807, 2.05) is 13.8 Å². The molecule has 0 saturated carbocycles. The summed E-state index contributed by atoms with van der Waals surface area (Å²) >= 11 is 2.61. The van der Waals surface area contributed by atoms with Crippen LogP contribution in [0.5, 0.6) is 0 Å². The molecule has 0 spiro atoms. The smallest absolute Gasteiger partial charge is 0.338 e. The van der Waals surface area contributed by atoms with Gasteiger partial charge in [-0.15, -0.1) is 11.3 Å². The van der Waals surface area contributed by atoms with Gasteiger partial charge >= 0.3 is 5.97 Å². The number of H-pyrrole nitrogens is 1. The van der Waals surface area contributed by atoms with Gasteiger partial charge in [-0.05, 0) is 51.5 Å². The molecular weight excluding hydrogens is 410 g/mol. The number of hydrogen-bond acceptors (Lipinski definition) is 7. The molecule has 0 aliphatic carbocycles. The fraction of sp³-hybridized carbons (Fsp3) is 0.300. The monoisotopic (exact) mass is 431 g/mol. The summed E-state index contributed by atoms with van der Waals surface area (Å²) in [6.07, 6.45) is -0.222. The molecule has 2 heterocycles. The molecule has 0 aliphatic rings. The molecule has 2 aromatic heterocycles. The highest BCUT2D eigenvalue weighted by Crippen LogP contribution is 2.27. The molecule has 0 atom stereocenters. The third-order valence-corrected chi connectivity index (χ3v) is 6.06. The van der Waals surface area contributed by atoms with Gasteiger partial charge in [0.15, 0.2) is 5.16 Å². The summed E-state index contributed by atoms with van der Waals surface area (Å²) in [7, 11) is 0. The van der Waals surface area contributed by atoms with Crippen LogP contribution < -0.4 is 10.9 Å². The number of anilines is 1. The summed E-state index contributed by atoms with van der Waals surface area (Å²) in [5, 5.41) is 3.74. The van der Waals surface area contributed by atoms with E-state index in [2.05, 4.69) is 15.3 Å². The predicted molar refractivity (Wildman–Crippen MR) is 116 cm³/mol. The van der Waals surface area contributed by atoms with E-state index in [9.17, 15) is 14.4 Å². The zero-order valence-corrected chi connectivity index (χ0v) is 18.1. The Morgan fingerprint density at radius 1 is 1.31 bits per heavy atom. The van der Waals surface area contributed by atoms with E-state index in [1.54, 1.807) is 38.1 Å². The molecule has 3 rings (SSSR count). The second kappa shape index (κ2) is 8.79. The quantitative estimate of drug-likeness (QED) is 0.349. The number of nitrogens with one attached hydrogen (secondary N) is 2. The van der Waals surface area contributed by atoms with Crippen LogP contribution in [0, 0.1) is 13.8 Å². The van der Waals surface area contributed by atoms with Crippen molar-refractivity contribution in [3.8, 4) is 0 Å². The lowest BCUT2D eigenvalue weighted by molar-refractivity contribution is -0.113. The number of hydrogen-bond donors (Lipinski definition) is 2. The number of thiophene rings is 1. The number of nitrogens with zero attached hydrogens (tertiary/aromatic N) is 1. The Bertz CT molecular complexity index is 1130. The van der Waals surface area contributed by atoms with Crippen LogP contribution in [0.2, 0.25) is 0 Å². The third kappa shape index (κ3) is 5.04. The second-order valence-corrected chi connectivity index (χ2v) is 8.87. The van der Waals surface area contributed by atoms with Crippen LogP contribution in [0.25, 0.3) is 10.2 Å². The van der Waals surface area contributed by atoms with Gasteiger partial charge in [0.2, 0.25) is 5.91 Å².